The first-order valence-electron chi connectivity index (χ1n) is 15.9. The summed E-state index contributed by atoms with van der Waals surface area (Å²) in [5, 5.41) is 27.4. The van der Waals surface area contributed by atoms with Gasteiger partial charge in [-0.1, -0.05) is 6.92 Å². The smallest absolute Gasteiger partial charge is 0.237 e. The minimum absolute atomic E-state index is 0.0277. The Kier molecular flexibility index (Phi) is 11.5. The normalized spacial score (nSPS) is 39.9. The second kappa shape index (κ2) is 15.0. The Bertz CT molecular complexity index is 780. The SMILES string of the molecule is COC1CCC(NC2CC(C(=O)NC[C@H](O)CN3CCC4C(CCC(OCC5CNCO5)C4C)C3)NCN2)CC1. The molecule has 11 nitrogen and oxygen atoms in total. The van der Waals surface area contributed by atoms with E-state index in [9.17, 15) is 9.90 Å². The number of likely N-dealkylation sites (tertiary alicyclic amines) is 1. The molecule has 0 radical (unpaired) electrons. The fourth-order valence-electron chi connectivity index (χ4n) is 7.72. The van der Waals surface area contributed by atoms with Gasteiger partial charge >= 0.3 is 0 Å². The van der Waals surface area contributed by atoms with Gasteiger partial charge in [-0.05, 0) is 69.2 Å². The molecular weight excluding hydrogens is 512 g/mol. The van der Waals surface area contributed by atoms with Gasteiger partial charge in [0, 0.05) is 52.4 Å². The molecule has 230 valence electrons. The number of carbonyl (C=O) groups excluding carboxylic acids is 1. The van der Waals surface area contributed by atoms with Gasteiger partial charge in [0.2, 0.25) is 5.91 Å². The first kappa shape index (κ1) is 30.6. The Labute approximate surface area is 240 Å². The third-order valence-corrected chi connectivity index (χ3v) is 10.2. The van der Waals surface area contributed by atoms with Gasteiger partial charge in [-0.3, -0.25) is 26.1 Å². The minimum Gasteiger partial charge on any atom is -0.390 e. The highest BCUT2D eigenvalue weighted by Crippen LogP contribution is 2.41. The number of methoxy groups -OCH3 is 1. The van der Waals surface area contributed by atoms with Crippen LogP contribution in [-0.2, 0) is 19.0 Å². The van der Waals surface area contributed by atoms with Crippen LogP contribution in [0.2, 0.25) is 0 Å². The zero-order chi connectivity index (χ0) is 27.9. The Hall–Kier alpha value is -0.890. The average molecular weight is 567 g/mol. The van der Waals surface area contributed by atoms with Gasteiger partial charge in [-0.15, -0.1) is 0 Å². The molecular formula is C29H54N6O5. The summed E-state index contributed by atoms with van der Waals surface area (Å²) >= 11 is 0. The van der Waals surface area contributed by atoms with Gasteiger partial charge in [0.1, 0.15) is 0 Å². The highest BCUT2D eigenvalue weighted by Gasteiger charge is 2.41. The van der Waals surface area contributed by atoms with E-state index in [4.69, 9.17) is 14.2 Å². The molecule has 3 saturated heterocycles. The summed E-state index contributed by atoms with van der Waals surface area (Å²) in [5.41, 5.74) is 0. The van der Waals surface area contributed by atoms with Crippen LogP contribution in [0.1, 0.15) is 58.3 Å². The monoisotopic (exact) mass is 566 g/mol. The van der Waals surface area contributed by atoms with Gasteiger partial charge in [0.15, 0.2) is 0 Å². The van der Waals surface area contributed by atoms with Crippen LogP contribution in [0.15, 0.2) is 0 Å². The molecule has 5 aliphatic rings. The standard InChI is InChI=1S/C29H54N6O5/c1-19-25-9-10-35(14-20(25)3-8-27(19)39-16-24-13-30-18-40-24)15-22(36)12-31-29(37)26-11-28(33-17-32-26)34-21-4-6-23(38-2)7-5-21/h19-28,30,32-34,36H,3-18H2,1-2H3,(H,31,37)/t19?,20?,21?,22-,23?,24?,25?,26?,27?,28?/m0/s1. The quantitative estimate of drug-likeness (QED) is 0.203. The van der Waals surface area contributed by atoms with Crippen LogP contribution >= 0.6 is 0 Å². The van der Waals surface area contributed by atoms with Crippen molar-refractivity contribution in [1.29, 1.82) is 0 Å². The van der Waals surface area contributed by atoms with Gasteiger partial charge in [-0.2, -0.15) is 0 Å². The van der Waals surface area contributed by atoms with Gasteiger partial charge in [0.25, 0.3) is 0 Å². The van der Waals surface area contributed by atoms with Crippen molar-refractivity contribution in [2.75, 3.05) is 59.8 Å². The molecule has 11 heteroatoms. The van der Waals surface area contributed by atoms with Crippen molar-refractivity contribution in [3.63, 3.8) is 0 Å². The van der Waals surface area contributed by atoms with E-state index >= 15 is 0 Å². The number of piperidine rings is 1. The van der Waals surface area contributed by atoms with Crippen molar-refractivity contribution in [3.8, 4) is 0 Å². The van der Waals surface area contributed by atoms with Gasteiger partial charge in [0.05, 0.1) is 50.0 Å². The van der Waals surface area contributed by atoms with E-state index in [-0.39, 0.29) is 24.2 Å². The lowest BCUT2D eigenvalue weighted by atomic mass is 9.68. The van der Waals surface area contributed by atoms with Crippen LogP contribution < -0.4 is 26.6 Å². The fourth-order valence-corrected chi connectivity index (χ4v) is 7.72. The van der Waals surface area contributed by atoms with Crippen LogP contribution in [0.3, 0.4) is 0 Å². The molecule has 0 bridgehead atoms. The number of ether oxygens (including phenoxy) is 3. The van der Waals surface area contributed by atoms with Crippen molar-refractivity contribution < 1.29 is 24.1 Å². The van der Waals surface area contributed by atoms with Crippen molar-refractivity contribution in [1.82, 2.24) is 31.5 Å². The van der Waals surface area contributed by atoms with Gasteiger partial charge in [-0.25, -0.2) is 0 Å². The Balaban J connectivity index is 0.977. The van der Waals surface area contributed by atoms with Crippen molar-refractivity contribution in [2.24, 2.45) is 17.8 Å². The molecule has 0 aromatic heterocycles. The van der Waals surface area contributed by atoms with E-state index in [0.717, 1.165) is 58.2 Å². The molecule has 7 unspecified atom stereocenters. The van der Waals surface area contributed by atoms with Crippen LogP contribution in [0.4, 0.5) is 0 Å². The maximum Gasteiger partial charge on any atom is 0.237 e. The highest BCUT2D eigenvalue weighted by molar-refractivity contribution is 5.81. The molecule has 6 N–H and O–H groups in total. The molecule has 8 atom stereocenters. The number of hydrogen-bond donors (Lipinski definition) is 6. The van der Waals surface area contributed by atoms with Crippen LogP contribution in [0, 0.1) is 17.8 Å². The molecule has 5 fully saturated rings. The molecule has 40 heavy (non-hydrogen) atoms. The molecule has 5 rings (SSSR count). The third kappa shape index (κ3) is 8.35. The zero-order valence-corrected chi connectivity index (χ0v) is 24.6. The van der Waals surface area contributed by atoms with E-state index < -0.39 is 6.10 Å². The predicted molar refractivity (Wildman–Crippen MR) is 152 cm³/mol. The van der Waals surface area contributed by atoms with Crippen molar-refractivity contribution in [2.45, 2.75) is 101 Å². The molecule has 3 aliphatic heterocycles. The topological polar surface area (TPSA) is 128 Å². The maximum atomic E-state index is 12.9. The number of nitrogens with zero attached hydrogens (tertiary/aromatic N) is 1. The molecule has 2 aliphatic carbocycles. The number of aliphatic hydroxyl groups is 1. The maximum absolute atomic E-state index is 12.9. The fraction of sp³-hybridized carbons (Fsp3) is 0.966. The largest absolute Gasteiger partial charge is 0.390 e. The summed E-state index contributed by atoms with van der Waals surface area (Å²) in [4.78, 5) is 15.3. The number of amides is 1. The Morgan fingerprint density at radius 3 is 2.77 bits per heavy atom. The number of fused-ring (bicyclic) bond motifs is 1. The average Bonchev–Trinajstić information content (AvgIpc) is 3.50. The number of nitrogens with one attached hydrogen (secondary N) is 5. The lowest BCUT2D eigenvalue weighted by Crippen LogP contribution is -2.62. The van der Waals surface area contributed by atoms with E-state index in [0.29, 0.717) is 75.5 Å². The summed E-state index contributed by atoms with van der Waals surface area (Å²) in [5.74, 6) is 1.86. The summed E-state index contributed by atoms with van der Waals surface area (Å²) < 4.78 is 17.4. The predicted octanol–water partition coefficient (Wildman–Crippen LogP) is -0.0551. The van der Waals surface area contributed by atoms with E-state index in [1.54, 1.807) is 7.11 Å². The first-order valence-corrected chi connectivity index (χ1v) is 15.9. The minimum atomic E-state index is -0.566. The summed E-state index contributed by atoms with van der Waals surface area (Å²) in [6.45, 7) is 8.07. The third-order valence-electron chi connectivity index (χ3n) is 10.2. The van der Waals surface area contributed by atoms with Crippen molar-refractivity contribution >= 4 is 5.91 Å². The lowest BCUT2D eigenvalue weighted by molar-refractivity contribution is -0.124. The number of aliphatic hydroxyl groups excluding tert-OH is 1. The molecule has 0 aromatic carbocycles. The Morgan fingerprint density at radius 2 is 2.00 bits per heavy atom. The lowest BCUT2D eigenvalue weighted by Gasteiger charge is -2.47. The van der Waals surface area contributed by atoms with Crippen LogP contribution in [0.25, 0.3) is 0 Å². The van der Waals surface area contributed by atoms with Crippen molar-refractivity contribution in [3.05, 3.63) is 0 Å². The van der Waals surface area contributed by atoms with E-state index in [1.807, 2.05) is 0 Å². The second-order valence-corrected chi connectivity index (χ2v) is 12.9. The highest BCUT2D eigenvalue weighted by atomic mass is 16.5. The number of carbonyl (C=O) groups is 1. The molecule has 2 saturated carbocycles. The Morgan fingerprint density at radius 1 is 1.15 bits per heavy atom. The number of hydrogen-bond acceptors (Lipinski definition) is 10. The molecule has 3 heterocycles. The summed E-state index contributed by atoms with van der Waals surface area (Å²) in [6, 6.07) is 0.207. The van der Waals surface area contributed by atoms with Crippen LogP contribution in [0.5, 0.6) is 0 Å². The number of β-amino-alcohol motifs (C(OH)–C–C–N with tert-alkyl or cyclic N) is 1. The van der Waals surface area contributed by atoms with E-state index in [2.05, 4.69) is 38.4 Å². The van der Waals surface area contributed by atoms with E-state index in [1.165, 1.54) is 6.42 Å². The molecule has 1 amide bonds. The van der Waals surface area contributed by atoms with Crippen LogP contribution in [-0.4, -0.2) is 118 Å². The summed E-state index contributed by atoms with van der Waals surface area (Å²) in [7, 11) is 1.80. The van der Waals surface area contributed by atoms with Gasteiger partial charge < -0.3 is 29.5 Å². The first-order chi connectivity index (χ1) is 19.5. The number of rotatable bonds is 11. The summed E-state index contributed by atoms with van der Waals surface area (Å²) in [6.07, 6.45) is 8.93. The molecule has 0 spiro atoms. The molecule has 0 aromatic rings. The zero-order valence-electron chi connectivity index (χ0n) is 24.6. The second-order valence-electron chi connectivity index (χ2n) is 12.9.